The molecule has 2 fully saturated rings. The Kier molecular flexibility index (Phi) is 5.31. The van der Waals surface area contributed by atoms with Crippen LogP contribution in [0.15, 0.2) is 18.2 Å². The van der Waals surface area contributed by atoms with E-state index in [0.717, 1.165) is 19.3 Å². The number of carbonyl (C=O) groups is 2. The van der Waals surface area contributed by atoms with Crippen molar-refractivity contribution < 1.29 is 19.1 Å². The number of hydrogen-bond acceptors (Lipinski definition) is 4. The fourth-order valence-electron chi connectivity index (χ4n) is 3.83. The number of carbonyl (C=O) groups excluding carboxylic acids is 2. The largest absolute Gasteiger partial charge is 0.493 e. The van der Waals surface area contributed by atoms with Gasteiger partial charge in [-0.05, 0) is 44.4 Å². The van der Waals surface area contributed by atoms with Crippen LogP contribution in [0.1, 0.15) is 36.5 Å². The molecule has 1 aromatic carbocycles. The quantitative estimate of drug-likeness (QED) is 0.763. The van der Waals surface area contributed by atoms with Crippen LogP contribution in [0.4, 0.5) is 0 Å². The van der Waals surface area contributed by atoms with E-state index in [9.17, 15) is 9.59 Å². The third-order valence-electron chi connectivity index (χ3n) is 5.70. The van der Waals surface area contributed by atoms with Gasteiger partial charge in [0.15, 0.2) is 11.5 Å². The number of nitrogens with zero attached hydrogens (tertiary/aromatic N) is 2. The van der Waals surface area contributed by atoms with Gasteiger partial charge in [0.2, 0.25) is 5.91 Å². The van der Waals surface area contributed by atoms with E-state index in [2.05, 4.69) is 5.92 Å². The standard InChI is InChI=1S/C21H26N2O4/c1-5-21(9-6-10-21)20(25)22-11-12-23(15(2)14-22)19(24)16-7-8-17(26-3)18(13-16)27-4/h1,7-8,13,15H,6,9-12,14H2,2-4H3/t15-/m1/s1. The molecule has 1 atom stereocenters. The first-order chi connectivity index (χ1) is 13.0. The third-order valence-corrected chi connectivity index (χ3v) is 5.70. The van der Waals surface area contributed by atoms with Crippen LogP contribution in [0.3, 0.4) is 0 Å². The summed E-state index contributed by atoms with van der Waals surface area (Å²) in [6, 6.07) is 5.06. The first-order valence-corrected chi connectivity index (χ1v) is 9.26. The van der Waals surface area contributed by atoms with Crippen LogP contribution >= 0.6 is 0 Å². The summed E-state index contributed by atoms with van der Waals surface area (Å²) in [6.45, 7) is 3.45. The van der Waals surface area contributed by atoms with Crippen LogP contribution in [-0.2, 0) is 4.79 Å². The fourth-order valence-corrected chi connectivity index (χ4v) is 3.83. The molecule has 3 rings (SSSR count). The SMILES string of the molecule is C#CC1(C(=O)N2CCN(C(=O)c3ccc(OC)c(OC)c3)[C@H](C)C2)CCC1. The lowest BCUT2D eigenvalue weighted by molar-refractivity contribution is -0.145. The van der Waals surface area contributed by atoms with E-state index in [1.807, 2.05) is 11.8 Å². The molecular weight excluding hydrogens is 344 g/mol. The number of benzene rings is 1. The van der Waals surface area contributed by atoms with Gasteiger partial charge >= 0.3 is 0 Å². The maximum atomic E-state index is 13.0. The van der Waals surface area contributed by atoms with Gasteiger partial charge in [0.05, 0.1) is 14.2 Å². The Balaban J connectivity index is 1.70. The molecule has 1 aliphatic heterocycles. The Morgan fingerprint density at radius 1 is 1.19 bits per heavy atom. The third kappa shape index (κ3) is 3.34. The Hall–Kier alpha value is -2.68. The van der Waals surface area contributed by atoms with Crippen LogP contribution in [0.5, 0.6) is 11.5 Å². The highest BCUT2D eigenvalue weighted by Crippen LogP contribution is 2.42. The summed E-state index contributed by atoms with van der Waals surface area (Å²) in [5, 5.41) is 0. The average Bonchev–Trinajstić information content (AvgIpc) is 2.66. The summed E-state index contributed by atoms with van der Waals surface area (Å²) in [7, 11) is 3.10. The Bertz CT molecular complexity index is 779. The van der Waals surface area contributed by atoms with Crippen molar-refractivity contribution in [2.45, 2.75) is 32.2 Å². The number of terminal acetylenes is 1. The summed E-state index contributed by atoms with van der Waals surface area (Å²) in [5.41, 5.74) is -0.0757. The zero-order valence-corrected chi connectivity index (χ0v) is 16.2. The molecule has 1 aromatic rings. The molecule has 0 bridgehead atoms. The van der Waals surface area contributed by atoms with E-state index in [1.165, 1.54) is 0 Å². The second kappa shape index (κ2) is 7.51. The molecule has 1 saturated heterocycles. The lowest BCUT2D eigenvalue weighted by atomic mass is 9.68. The van der Waals surface area contributed by atoms with E-state index in [1.54, 1.807) is 37.3 Å². The average molecular weight is 370 g/mol. The van der Waals surface area contributed by atoms with Gasteiger partial charge in [-0.2, -0.15) is 0 Å². The maximum absolute atomic E-state index is 13.0. The van der Waals surface area contributed by atoms with Gasteiger partial charge in [0, 0.05) is 31.2 Å². The van der Waals surface area contributed by atoms with Crippen molar-refractivity contribution in [3.05, 3.63) is 23.8 Å². The zero-order valence-electron chi connectivity index (χ0n) is 16.2. The van der Waals surface area contributed by atoms with Gasteiger partial charge < -0.3 is 19.3 Å². The minimum Gasteiger partial charge on any atom is -0.493 e. The highest BCUT2D eigenvalue weighted by atomic mass is 16.5. The highest BCUT2D eigenvalue weighted by molar-refractivity contribution is 5.95. The molecule has 0 N–H and O–H groups in total. The van der Waals surface area contributed by atoms with E-state index in [-0.39, 0.29) is 17.9 Å². The summed E-state index contributed by atoms with van der Waals surface area (Å²) >= 11 is 0. The molecule has 144 valence electrons. The second-order valence-electron chi connectivity index (χ2n) is 7.25. The fraction of sp³-hybridized carbons (Fsp3) is 0.524. The van der Waals surface area contributed by atoms with Crippen molar-refractivity contribution in [1.29, 1.82) is 0 Å². The summed E-state index contributed by atoms with van der Waals surface area (Å²) in [4.78, 5) is 29.4. The smallest absolute Gasteiger partial charge is 0.254 e. The summed E-state index contributed by atoms with van der Waals surface area (Å²) in [5.74, 6) is 3.78. The Morgan fingerprint density at radius 3 is 2.41 bits per heavy atom. The zero-order chi connectivity index (χ0) is 19.6. The topological polar surface area (TPSA) is 59.1 Å². The molecule has 0 radical (unpaired) electrons. The minimum atomic E-state index is -0.616. The van der Waals surface area contributed by atoms with Gasteiger partial charge in [0.1, 0.15) is 5.41 Å². The first-order valence-electron chi connectivity index (χ1n) is 9.26. The van der Waals surface area contributed by atoms with Crippen LogP contribution in [-0.4, -0.2) is 61.5 Å². The summed E-state index contributed by atoms with van der Waals surface area (Å²) in [6.07, 6.45) is 8.16. The number of methoxy groups -OCH3 is 2. The van der Waals surface area contributed by atoms with Gasteiger partial charge in [-0.1, -0.05) is 5.92 Å². The summed E-state index contributed by atoms with van der Waals surface area (Å²) < 4.78 is 10.5. The van der Waals surface area contributed by atoms with Crippen LogP contribution in [0.2, 0.25) is 0 Å². The molecule has 27 heavy (non-hydrogen) atoms. The predicted octanol–water partition coefficient (Wildman–Crippen LogP) is 2.18. The van der Waals surface area contributed by atoms with Crippen molar-refractivity contribution in [3.8, 4) is 23.8 Å². The minimum absolute atomic E-state index is 0.0429. The van der Waals surface area contributed by atoms with E-state index in [0.29, 0.717) is 36.7 Å². The van der Waals surface area contributed by atoms with Crippen LogP contribution in [0.25, 0.3) is 0 Å². The predicted molar refractivity (Wildman–Crippen MR) is 102 cm³/mol. The van der Waals surface area contributed by atoms with Crippen molar-refractivity contribution in [2.75, 3.05) is 33.9 Å². The highest BCUT2D eigenvalue weighted by Gasteiger charge is 2.46. The Labute approximate surface area is 160 Å². The number of ether oxygens (including phenoxy) is 2. The van der Waals surface area contributed by atoms with Crippen molar-refractivity contribution in [3.63, 3.8) is 0 Å². The molecule has 1 heterocycles. The lowest BCUT2D eigenvalue weighted by Gasteiger charge is -2.45. The van der Waals surface area contributed by atoms with Crippen molar-refractivity contribution >= 4 is 11.8 Å². The molecule has 6 nitrogen and oxygen atoms in total. The second-order valence-corrected chi connectivity index (χ2v) is 7.25. The van der Waals surface area contributed by atoms with E-state index < -0.39 is 5.41 Å². The molecule has 2 amide bonds. The molecule has 6 heteroatoms. The molecule has 2 aliphatic rings. The first kappa shape index (κ1) is 19.1. The normalized spacial score (nSPS) is 21.0. The van der Waals surface area contributed by atoms with Crippen LogP contribution < -0.4 is 9.47 Å². The number of amides is 2. The van der Waals surface area contributed by atoms with Crippen molar-refractivity contribution in [2.24, 2.45) is 5.41 Å². The molecule has 0 spiro atoms. The number of rotatable bonds is 4. The molecule has 1 aliphatic carbocycles. The molecular formula is C21H26N2O4. The molecule has 0 aromatic heterocycles. The molecule has 1 saturated carbocycles. The molecule has 0 unspecified atom stereocenters. The maximum Gasteiger partial charge on any atom is 0.254 e. The van der Waals surface area contributed by atoms with Gasteiger partial charge in [-0.25, -0.2) is 0 Å². The Morgan fingerprint density at radius 2 is 1.89 bits per heavy atom. The number of piperazine rings is 1. The van der Waals surface area contributed by atoms with Gasteiger partial charge in [-0.3, -0.25) is 9.59 Å². The van der Waals surface area contributed by atoms with E-state index in [4.69, 9.17) is 15.9 Å². The van der Waals surface area contributed by atoms with Gasteiger partial charge in [0.25, 0.3) is 5.91 Å². The van der Waals surface area contributed by atoms with Crippen molar-refractivity contribution in [1.82, 2.24) is 9.80 Å². The number of hydrogen-bond donors (Lipinski definition) is 0. The van der Waals surface area contributed by atoms with Gasteiger partial charge in [-0.15, -0.1) is 6.42 Å². The van der Waals surface area contributed by atoms with E-state index >= 15 is 0 Å². The van der Waals surface area contributed by atoms with Crippen LogP contribution in [0, 0.1) is 17.8 Å². The monoisotopic (exact) mass is 370 g/mol. The lowest BCUT2D eigenvalue weighted by Crippen LogP contribution is -2.58.